The molecule has 0 unspecified atom stereocenters. The molecule has 0 aliphatic rings. The molecule has 0 fully saturated rings. The molecule has 0 aliphatic carbocycles. The minimum absolute atomic E-state index is 0.00180. The maximum absolute atomic E-state index is 14.5. The predicted molar refractivity (Wildman–Crippen MR) is 202 cm³/mol. The van der Waals surface area contributed by atoms with Crippen LogP contribution in [0.3, 0.4) is 0 Å². The van der Waals surface area contributed by atoms with Crippen molar-refractivity contribution in [3.63, 3.8) is 0 Å². The van der Waals surface area contributed by atoms with E-state index in [1.54, 1.807) is 6.07 Å². The van der Waals surface area contributed by atoms with Crippen molar-refractivity contribution in [2.75, 3.05) is 47.7 Å². The first-order chi connectivity index (χ1) is 27.4. The van der Waals surface area contributed by atoms with Gasteiger partial charge >= 0.3 is 12.0 Å². The van der Waals surface area contributed by atoms with Crippen LogP contribution >= 0.6 is 22.6 Å². The van der Waals surface area contributed by atoms with Crippen molar-refractivity contribution in [1.29, 1.82) is 0 Å². The highest BCUT2D eigenvalue weighted by atomic mass is 127. The van der Waals surface area contributed by atoms with Crippen LogP contribution in [0.15, 0.2) is 69.5 Å². The maximum atomic E-state index is 14.5. The number of hydrogen-bond donors (Lipinski definition) is 8. The van der Waals surface area contributed by atoms with Crippen LogP contribution in [0.4, 0.5) is 61.1 Å². The van der Waals surface area contributed by atoms with E-state index in [2.05, 4.69) is 47.6 Å². The molecule has 2 heterocycles. The van der Waals surface area contributed by atoms with Crippen molar-refractivity contribution in [3.8, 4) is 35.3 Å². The average Bonchev–Trinajstić information content (AvgIpc) is 3.88. The van der Waals surface area contributed by atoms with E-state index in [0.717, 1.165) is 18.2 Å². The van der Waals surface area contributed by atoms with Crippen LogP contribution in [-0.4, -0.2) is 79.3 Å². The van der Waals surface area contributed by atoms with Crippen molar-refractivity contribution >= 4 is 57.4 Å². The molecule has 14 nitrogen and oxygen atoms in total. The third kappa shape index (κ3) is 10.3. The molecule has 0 saturated carbocycles. The van der Waals surface area contributed by atoms with Crippen LogP contribution in [-0.2, 0) is 0 Å². The van der Waals surface area contributed by atoms with Gasteiger partial charge in [-0.3, -0.25) is 0 Å². The van der Waals surface area contributed by atoms with E-state index in [0.29, 0.717) is 3.57 Å². The van der Waals surface area contributed by atoms with Crippen molar-refractivity contribution in [3.05, 3.63) is 105 Å². The number of anilines is 6. The topological polar surface area (TPSA) is 207 Å². The molecule has 0 amide bonds. The Morgan fingerprint density at radius 2 is 1.04 bits per heavy atom. The van der Waals surface area contributed by atoms with Gasteiger partial charge in [0.05, 0.1) is 72.4 Å². The lowest BCUT2D eigenvalue weighted by atomic mass is 10.1. The summed E-state index contributed by atoms with van der Waals surface area (Å²) in [5.74, 6) is -4.37. The SMILES string of the molecule is C#Cc1ccc(Nc2c(-c3nnc(NC(CO)CO)o3)ccc(F)c2F)c(F)c1.OCC(CO)Nc1nnc(-c2ccc(F)c(F)c2Nc2ccc(I)cc2F)o1. The van der Waals surface area contributed by atoms with E-state index in [-0.39, 0.29) is 57.6 Å². The van der Waals surface area contributed by atoms with E-state index < -0.39 is 79.1 Å². The number of nitrogens with one attached hydrogen (secondary N) is 4. The fourth-order valence-corrected chi connectivity index (χ4v) is 5.15. The Hall–Kier alpha value is -5.93. The van der Waals surface area contributed by atoms with Crippen molar-refractivity contribution in [2.24, 2.45) is 0 Å². The first kappa shape index (κ1) is 42.2. The Morgan fingerprint density at radius 3 is 1.44 bits per heavy atom. The van der Waals surface area contributed by atoms with E-state index in [1.165, 1.54) is 36.4 Å². The largest absolute Gasteiger partial charge is 0.403 e. The first-order valence-corrected chi connectivity index (χ1v) is 17.3. The van der Waals surface area contributed by atoms with Crippen LogP contribution in [0.2, 0.25) is 0 Å². The van der Waals surface area contributed by atoms with Gasteiger partial charge in [-0.2, -0.15) is 0 Å². The van der Waals surface area contributed by atoms with E-state index in [4.69, 9.17) is 35.7 Å². The van der Waals surface area contributed by atoms with Gasteiger partial charge in [-0.25, -0.2) is 26.3 Å². The number of rotatable bonds is 14. The fourth-order valence-electron chi connectivity index (χ4n) is 4.70. The van der Waals surface area contributed by atoms with Gasteiger partial charge < -0.3 is 50.5 Å². The van der Waals surface area contributed by atoms with E-state index in [9.17, 15) is 26.3 Å². The molecule has 298 valence electrons. The van der Waals surface area contributed by atoms with Crippen LogP contribution in [0.25, 0.3) is 22.9 Å². The highest BCUT2D eigenvalue weighted by Crippen LogP contribution is 2.36. The summed E-state index contributed by atoms with van der Waals surface area (Å²) >= 11 is 1.92. The maximum Gasteiger partial charge on any atom is 0.316 e. The number of aromatic nitrogens is 4. The molecule has 0 atom stereocenters. The Bertz CT molecular complexity index is 2370. The molecular formula is C36H29F6IN8O6. The molecule has 0 saturated heterocycles. The molecule has 0 bridgehead atoms. The molecule has 21 heteroatoms. The average molecular weight is 911 g/mol. The summed E-state index contributed by atoms with van der Waals surface area (Å²) in [6.07, 6.45) is 5.21. The minimum atomic E-state index is -1.28. The molecule has 0 spiro atoms. The summed E-state index contributed by atoms with van der Waals surface area (Å²) in [5.41, 5.74) is -0.762. The van der Waals surface area contributed by atoms with Gasteiger partial charge in [0.15, 0.2) is 23.3 Å². The number of benzene rings is 4. The summed E-state index contributed by atoms with van der Waals surface area (Å²) in [6, 6.07) is 10.3. The zero-order chi connectivity index (χ0) is 41.2. The smallest absolute Gasteiger partial charge is 0.316 e. The lowest BCUT2D eigenvalue weighted by Gasteiger charge is -2.13. The summed E-state index contributed by atoms with van der Waals surface area (Å²) < 4.78 is 96.2. The molecule has 6 rings (SSSR count). The van der Waals surface area contributed by atoms with E-state index in [1.807, 2.05) is 22.6 Å². The van der Waals surface area contributed by atoms with Crippen LogP contribution < -0.4 is 21.3 Å². The van der Waals surface area contributed by atoms with Gasteiger partial charge in [0.2, 0.25) is 0 Å². The zero-order valence-electron chi connectivity index (χ0n) is 28.9. The molecule has 6 aromatic rings. The summed E-state index contributed by atoms with van der Waals surface area (Å²) in [7, 11) is 0. The minimum Gasteiger partial charge on any atom is -0.403 e. The standard InChI is InChI=1S/C19H15F3N4O3.C17H14F3IN4O3/c1-2-10-3-6-15(14(21)7-10)24-17-12(4-5-13(20)16(17)22)18-25-26-19(29-18)23-11(8-27)9-28;18-11-3-2-10(16-24-25-17(28-16)22-9(6-26)7-27)15(14(11)20)23-13-4-1-8(21)5-12(13)19/h1,3-7,11,24,27-28H,8-9H2,(H,23,26);1-5,9,23,26-27H,6-7H2,(H,22,25). The predicted octanol–water partition coefficient (Wildman–Crippen LogP) is 5.91. The number of hydrogen-bond acceptors (Lipinski definition) is 14. The fraction of sp³-hybridized carbons (Fsp3) is 0.167. The molecular weight excluding hydrogens is 881 g/mol. The zero-order valence-corrected chi connectivity index (χ0v) is 31.0. The first-order valence-electron chi connectivity index (χ1n) is 16.2. The molecule has 2 aromatic heterocycles. The van der Waals surface area contributed by atoms with Crippen molar-refractivity contribution in [2.45, 2.75) is 12.1 Å². The highest BCUT2D eigenvalue weighted by Gasteiger charge is 2.23. The Morgan fingerprint density at radius 1 is 0.596 bits per heavy atom. The lowest BCUT2D eigenvalue weighted by Crippen LogP contribution is -2.27. The normalized spacial score (nSPS) is 10.9. The third-order valence-electron chi connectivity index (χ3n) is 7.62. The van der Waals surface area contributed by atoms with Gasteiger partial charge in [0.25, 0.3) is 11.8 Å². The number of terminal acetylenes is 1. The Labute approximate surface area is 332 Å². The highest BCUT2D eigenvalue weighted by molar-refractivity contribution is 14.1. The second-order valence-electron chi connectivity index (χ2n) is 11.5. The van der Waals surface area contributed by atoms with Gasteiger partial charge in [-0.1, -0.05) is 16.1 Å². The Balaban J connectivity index is 0.000000218. The second kappa shape index (κ2) is 19.3. The monoisotopic (exact) mass is 910 g/mol. The third-order valence-corrected chi connectivity index (χ3v) is 8.29. The molecule has 57 heavy (non-hydrogen) atoms. The van der Waals surface area contributed by atoms with Gasteiger partial charge in [0.1, 0.15) is 11.6 Å². The lowest BCUT2D eigenvalue weighted by molar-refractivity contribution is 0.201. The quantitative estimate of drug-likeness (QED) is 0.0364. The second-order valence-corrected chi connectivity index (χ2v) is 12.8. The van der Waals surface area contributed by atoms with Crippen molar-refractivity contribution in [1.82, 2.24) is 20.4 Å². The van der Waals surface area contributed by atoms with Gasteiger partial charge in [0, 0.05) is 9.13 Å². The van der Waals surface area contributed by atoms with Crippen LogP contribution in [0.1, 0.15) is 5.56 Å². The van der Waals surface area contributed by atoms with Crippen LogP contribution in [0.5, 0.6) is 0 Å². The Kier molecular flexibility index (Phi) is 14.3. The molecule has 0 radical (unpaired) electrons. The molecule has 4 aromatic carbocycles. The van der Waals surface area contributed by atoms with Gasteiger partial charge in [-0.15, -0.1) is 16.6 Å². The number of nitrogens with zero attached hydrogens (tertiary/aromatic N) is 4. The summed E-state index contributed by atoms with van der Waals surface area (Å²) in [6.45, 7) is -1.59. The summed E-state index contributed by atoms with van der Waals surface area (Å²) in [5, 5.41) is 61.4. The summed E-state index contributed by atoms with van der Waals surface area (Å²) in [4.78, 5) is 0. The molecule has 8 N–H and O–H groups in total. The van der Waals surface area contributed by atoms with Gasteiger partial charge in [-0.05, 0) is 83.3 Å². The van der Waals surface area contributed by atoms with Crippen LogP contribution in [0, 0.1) is 50.8 Å². The number of halogens is 7. The number of aliphatic hydroxyl groups excluding tert-OH is 4. The number of aliphatic hydroxyl groups is 4. The van der Waals surface area contributed by atoms with Crippen molar-refractivity contribution < 1.29 is 55.6 Å². The van der Waals surface area contributed by atoms with E-state index >= 15 is 0 Å². The molecule has 0 aliphatic heterocycles.